The summed E-state index contributed by atoms with van der Waals surface area (Å²) in [4.78, 5) is 10.3. The maximum atomic E-state index is 10.8. The van der Waals surface area contributed by atoms with Gasteiger partial charge in [0.25, 0.3) is 5.69 Å². The average molecular weight is 264 g/mol. The minimum atomic E-state index is -0.479. The van der Waals surface area contributed by atoms with Crippen LogP contribution in [0.3, 0.4) is 0 Å². The third kappa shape index (κ3) is 2.94. The first kappa shape index (κ1) is 12.7. The van der Waals surface area contributed by atoms with Crippen LogP contribution in [0.2, 0.25) is 0 Å². The van der Waals surface area contributed by atoms with Crippen molar-refractivity contribution in [1.82, 2.24) is 20.6 Å². The Kier molecular flexibility index (Phi) is 3.55. The Balaban J connectivity index is 2.24. The molecule has 0 amide bonds. The highest BCUT2D eigenvalue weighted by Crippen LogP contribution is 2.27. The Labute approximate surface area is 108 Å². The number of nitro benzene ring substituents is 1. The maximum absolute atomic E-state index is 10.8. The normalized spacial score (nSPS) is 11.9. The van der Waals surface area contributed by atoms with Crippen molar-refractivity contribution in [3.63, 3.8) is 0 Å². The summed E-state index contributed by atoms with van der Waals surface area (Å²) in [5.74, 6) is 0.863. The predicted molar refractivity (Wildman–Crippen MR) is 65.9 cm³/mol. The van der Waals surface area contributed by atoms with E-state index in [9.17, 15) is 10.1 Å². The number of tetrazole rings is 1. The van der Waals surface area contributed by atoms with Crippen LogP contribution in [0, 0.1) is 10.1 Å². The fourth-order valence-corrected chi connectivity index (χ4v) is 1.56. The Morgan fingerprint density at radius 1 is 1.47 bits per heavy atom. The van der Waals surface area contributed by atoms with Crippen molar-refractivity contribution >= 4 is 11.4 Å². The number of methoxy groups -OCH3 is 1. The highest BCUT2D eigenvalue weighted by Gasteiger charge is 2.14. The number of hydrogen-bond donors (Lipinski definition) is 2. The van der Waals surface area contributed by atoms with Gasteiger partial charge in [0.2, 0.25) is 0 Å². The Morgan fingerprint density at radius 3 is 2.84 bits per heavy atom. The number of aromatic amines is 1. The van der Waals surface area contributed by atoms with Crippen LogP contribution in [0.1, 0.15) is 18.8 Å². The van der Waals surface area contributed by atoms with Crippen molar-refractivity contribution in [3.8, 4) is 5.75 Å². The Morgan fingerprint density at radius 2 is 2.26 bits per heavy atom. The predicted octanol–water partition coefficient (Wildman–Crippen LogP) is 1.29. The van der Waals surface area contributed by atoms with E-state index in [-0.39, 0.29) is 11.7 Å². The van der Waals surface area contributed by atoms with Crippen LogP contribution in [0.5, 0.6) is 5.75 Å². The number of H-pyrrole nitrogens is 1. The molecule has 0 aliphatic heterocycles. The lowest BCUT2D eigenvalue weighted by atomic mass is 10.2. The standard InChI is InChI=1S/C10H12N6O3/c1-6(10-12-14-15-13-10)11-7-3-8(16(17)18)5-9(4-7)19-2/h3-6,11H,1-2H3,(H,12,13,14,15). The number of nitrogens with one attached hydrogen (secondary N) is 2. The molecule has 0 aliphatic rings. The van der Waals surface area contributed by atoms with E-state index in [0.29, 0.717) is 17.3 Å². The first-order valence-corrected chi connectivity index (χ1v) is 5.43. The van der Waals surface area contributed by atoms with Crippen LogP contribution >= 0.6 is 0 Å². The van der Waals surface area contributed by atoms with E-state index >= 15 is 0 Å². The molecular formula is C10H12N6O3. The molecule has 0 saturated carbocycles. The highest BCUT2D eigenvalue weighted by molar-refractivity contribution is 5.56. The summed E-state index contributed by atoms with van der Waals surface area (Å²) in [5.41, 5.74) is 0.491. The van der Waals surface area contributed by atoms with Gasteiger partial charge in [-0.15, -0.1) is 10.2 Å². The van der Waals surface area contributed by atoms with E-state index in [1.807, 2.05) is 6.92 Å². The molecular weight excluding hydrogens is 252 g/mol. The smallest absolute Gasteiger partial charge is 0.275 e. The fourth-order valence-electron chi connectivity index (χ4n) is 1.56. The van der Waals surface area contributed by atoms with E-state index in [0.717, 1.165) is 0 Å². The van der Waals surface area contributed by atoms with Gasteiger partial charge in [-0.2, -0.15) is 5.21 Å². The van der Waals surface area contributed by atoms with Gasteiger partial charge in [-0.25, -0.2) is 0 Å². The van der Waals surface area contributed by atoms with Crippen LogP contribution in [-0.4, -0.2) is 32.7 Å². The zero-order chi connectivity index (χ0) is 13.8. The second-order valence-electron chi connectivity index (χ2n) is 3.81. The van der Waals surface area contributed by atoms with Crippen LogP contribution in [0.25, 0.3) is 0 Å². The minimum Gasteiger partial charge on any atom is -0.496 e. The van der Waals surface area contributed by atoms with Crippen LogP contribution in [-0.2, 0) is 0 Å². The summed E-state index contributed by atoms with van der Waals surface area (Å²) in [6.45, 7) is 1.82. The summed E-state index contributed by atoms with van der Waals surface area (Å²) in [5, 5.41) is 27.3. The van der Waals surface area contributed by atoms with Gasteiger partial charge < -0.3 is 10.1 Å². The van der Waals surface area contributed by atoms with E-state index in [1.54, 1.807) is 6.07 Å². The SMILES string of the molecule is COc1cc(NC(C)c2nn[nH]n2)cc([N+](=O)[O-])c1. The first-order chi connectivity index (χ1) is 9.10. The van der Waals surface area contributed by atoms with Gasteiger partial charge >= 0.3 is 0 Å². The van der Waals surface area contributed by atoms with Gasteiger partial charge in [-0.3, -0.25) is 10.1 Å². The number of aromatic nitrogens is 4. The molecule has 9 heteroatoms. The van der Waals surface area contributed by atoms with Gasteiger partial charge in [0.05, 0.1) is 24.1 Å². The van der Waals surface area contributed by atoms with Crippen molar-refractivity contribution in [3.05, 3.63) is 34.1 Å². The molecule has 0 fully saturated rings. The third-order valence-corrected chi connectivity index (χ3v) is 2.47. The average Bonchev–Trinajstić information content (AvgIpc) is 2.92. The molecule has 2 rings (SSSR count). The molecule has 100 valence electrons. The number of hydrogen-bond acceptors (Lipinski definition) is 7. The number of rotatable bonds is 5. The lowest BCUT2D eigenvalue weighted by molar-refractivity contribution is -0.384. The second kappa shape index (κ2) is 5.29. The van der Waals surface area contributed by atoms with E-state index in [2.05, 4.69) is 25.9 Å². The number of nitrogens with zero attached hydrogens (tertiary/aromatic N) is 4. The van der Waals surface area contributed by atoms with Gasteiger partial charge in [-0.1, -0.05) is 5.21 Å². The van der Waals surface area contributed by atoms with Crippen LogP contribution in [0.4, 0.5) is 11.4 Å². The molecule has 2 aromatic rings. The van der Waals surface area contributed by atoms with E-state index in [1.165, 1.54) is 19.2 Å². The largest absolute Gasteiger partial charge is 0.496 e. The minimum absolute atomic E-state index is 0.0536. The summed E-state index contributed by atoms with van der Waals surface area (Å²) in [6, 6.07) is 4.18. The molecule has 0 radical (unpaired) electrons. The summed E-state index contributed by atoms with van der Waals surface area (Å²) in [7, 11) is 1.45. The quantitative estimate of drug-likeness (QED) is 0.616. The van der Waals surface area contributed by atoms with E-state index in [4.69, 9.17) is 4.74 Å². The molecule has 1 aromatic heterocycles. The third-order valence-electron chi connectivity index (χ3n) is 2.47. The number of nitro groups is 1. The zero-order valence-corrected chi connectivity index (χ0v) is 10.3. The highest BCUT2D eigenvalue weighted by atomic mass is 16.6. The van der Waals surface area contributed by atoms with Gasteiger partial charge in [0, 0.05) is 17.8 Å². The summed E-state index contributed by atoms with van der Waals surface area (Å²) >= 11 is 0. The van der Waals surface area contributed by atoms with Crippen LogP contribution in [0.15, 0.2) is 18.2 Å². The first-order valence-electron chi connectivity index (χ1n) is 5.43. The Hall–Kier alpha value is -2.71. The number of non-ortho nitro benzene ring substituents is 1. The van der Waals surface area contributed by atoms with Gasteiger partial charge in [-0.05, 0) is 6.92 Å². The van der Waals surface area contributed by atoms with Gasteiger partial charge in [0.1, 0.15) is 5.75 Å². The van der Waals surface area contributed by atoms with Crippen LogP contribution < -0.4 is 10.1 Å². The molecule has 1 heterocycles. The molecule has 1 aromatic carbocycles. The monoisotopic (exact) mass is 264 g/mol. The van der Waals surface area contributed by atoms with Crippen molar-refractivity contribution in [2.24, 2.45) is 0 Å². The Bertz CT molecular complexity index is 571. The maximum Gasteiger partial charge on any atom is 0.275 e. The second-order valence-corrected chi connectivity index (χ2v) is 3.81. The van der Waals surface area contributed by atoms with Gasteiger partial charge in [0.15, 0.2) is 5.82 Å². The molecule has 0 bridgehead atoms. The number of benzene rings is 1. The topological polar surface area (TPSA) is 119 Å². The molecule has 0 spiro atoms. The lowest BCUT2D eigenvalue weighted by Gasteiger charge is -2.12. The molecule has 9 nitrogen and oxygen atoms in total. The van der Waals surface area contributed by atoms with Crippen molar-refractivity contribution in [2.45, 2.75) is 13.0 Å². The molecule has 0 saturated heterocycles. The summed E-state index contributed by atoms with van der Waals surface area (Å²) < 4.78 is 5.02. The molecule has 1 atom stereocenters. The fraction of sp³-hybridized carbons (Fsp3) is 0.300. The lowest BCUT2D eigenvalue weighted by Crippen LogP contribution is -2.09. The molecule has 1 unspecified atom stereocenters. The molecule has 2 N–H and O–H groups in total. The molecule has 19 heavy (non-hydrogen) atoms. The summed E-state index contributed by atoms with van der Waals surface area (Å²) in [6.07, 6.45) is 0. The van der Waals surface area contributed by atoms with Crippen molar-refractivity contribution in [1.29, 1.82) is 0 Å². The number of anilines is 1. The van der Waals surface area contributed by atoms with Crippen molar-refractivity contribution in [2.75, 3.05) is 12.4 Å². The molecule has 0 aliphatic carbocycles. The zero-order valence-electron chi connectivity index (χ0n) is 10.3. The van der Waals surface area contributed by atoms with Crippen molar-refractivity contribution < 1.29 is 9.66 Å². The van der Waals surface area contributed by atoms with E-state index < -0.39 is 4.92 Å². The number of ether oxygens (including phenoxy) is 1.